The molecule has 0 saturated heterocycles. The van der Waals surface area contributed by atoms with E-state index in [0.29, 0.717) is 0 Å². The highest BCUT2D eigenvalue weighted by Gasteiger charge is 2.25. The molecule has 0 amide bonds. The summed E-state index contributed by atoms with van der Waals surface area (Å²) in [5, 5.41) is 7.83. The van der Waals surface area contributed by atoms with Crippen molar-refractivity contribution >= 4 is 66.6 Å². The molecule has 0 spiro atoms. The minimum Gasteiger partial charge on any atom is -1.00 e. The molecule has 0 bridgehead atoms. The number of fused-ring (bicyclic) bond motifs is 6. The number of rotatable bonds is 5. The first-order valence-corrected chi connectivity index (χ1v) is 13.8. The van der Waals surface area contributed by atoms with Crippen molar-refractivity contribution in [3.63, 3.8) is 0 Å². The Hall–Kier alpha value is -2.61. The van der Waals surface area contributed by atoms with Gasteiger partial charge in [-0.1, -0.05) is 95.9 Å². The SMILES string of the molecule is CCN1\C(=C/C=C/C=C/c2sc3c4ccccc4ccc3[n+]2CC)Sc2c1ccc1ccccc21.[I-]. The van der Waals surface area contributed by atoms with Crippen molar-refractivity contribution in [3.05, 3.63) is 107 Å². The van der Waals surface area contributed by atoms with E-state index in [0.717, 1.165) is 13.1 Å². The summed E-state index contributed by atoms with van der Waals surface area (Å²) >= 11 is 3.75. The van der Waals surface area contributed by atoms with E-state index in [1.165, 1.54) is 52.4 Å². The average molecular weight is 619 g/mol. The highest BCUT2D eigenvalue weighted by Crippen LogP contribution is 2.49. The van der Waals surface area contributed by atoms with Gasteiger partial charge in [0.2, 0.25) is 5.52 Å². The first-order valence-electron chi connectivity index (χ1n) is 12.1. The highest BCUT2D eigenvalue weighted by atomic mass is 127. The van der Waals surface area contributed by atoms with Gasteiger partial charge in [0.25, 0.3) is 5.01 Å². The van der Waals surface area contributed by atoms with Gasteiger partial charge in [0.1, 0.15) is 11.2 Å². The monoisotopic (exact) mass is 618 g/mol. The lowest BCUT2D eigenvalue weighted by atomic mass is 10.1. The zero-order chi connectivity index (χ0) is 23.8. The number of thiazole rings is 1. The second-order valence-corrected chi connectivity index (χ2v) is 10.6. The maximum atomic E-state index is 2.41. The lowest BCUT2D eigenvalue weighted by molar-refractivity contribution is -0.665. The third kappa shape index (κ3) is 4.38. The van der Waals surface area contributed by atoms with Crippen molar-refractivity contribution in [1.29, 1.82) is 0 Å². The molecular formula is C31H27IN2S2. The second-order valence-electron chi connectivity index (χ2n) is 8.55. The Morgan fingerprint density at radius 2 is 1.53 bits per heavy atom. The molecule has 2 nitrogen and oxygen atoms in total. The van der Waals surface area contributed by atoms with E-state index in [1.807, 2.05) is 23.1 Å². The molecule has 4 aromatic carbocycles. The van der Waals surface area contributed by atoms with E-state index in [2.05, 4.69) is 126 Å². The van der Waals surface area contributed by atoms with Gasteiger partial charge in [-0.05, 0) is 48.2 Å². The number of aromatic nitrogens is 1. The number of anilines is 1. The van der Waals surface area contributed by atoms with Gasteiger partial charge in [0, 0.05) is 29.0 Å². The molecule has 2 heterocycles. The summed E-state index contributed by atoms with van der Waals surface area (Å²) in [4.78, 5) is 3.77. The Morgan fingerprint density at radius 1 is 0.806 bits per heavy atom. The van der Waals surface area contributed by atoms with Gasteiger partial charge in [-0.3, -0.25) is 0 Å². The van der Waals surface area contributed by atoms with Crippen LogP contribution >= 0.6 is 23.1 Å². The van der Waals surface area contributed by atoms with Crippen LogP contribution in [0.1, 0.15) is 18.9 Å². The zero-order valence-corrected chi connectivity index (χ0v) is 24.1. The number of hydrogen-bond acceptors (Lipinski definition) is 3. The van der Waals surface area contributed by atoms with E-state index < -0.39 is 0 Å². The Morgan fingerprint density at radius 3 is 2.31 bits per heavy atom. The number of allylic oxidation sites excluding steroid dienone is 4. The Labute approximate surface area is 237 Å². The van der Waals surface area contributed by atoms with E-state index in [-0.39, 0.29) is 24.0 Å². The van der Waals surface area contributed by atoms with Crippen molar-refractivity contribution in [2.24, 2.45) is 0 Å². The van der Waals surface area contributed by atoms with E-state index in [9.17, 15) is 0 Å². The summed E-state index contributed by atoms with van der Waals surface area (Å²) in [7, 11) is 0. The Balaban J connectivity index is 0.00000267. The number of aryl methyl sites for hydroxylation is 1. The van der Waals surface area contributed by atoms with Crippen molar-refractivity contribution in [1.82, 2.24) is 0 Å². The molecular weight excluding hydrogens is 591 g/mol. The topological polar surface area (TPSA) is 7.12 Å². The number of hydrogen-bond donors (Lipinski definition) is 0. The highest BCUT2D eigenvalue weighted by molar-refractivity contribution is 8.04. The Kier molecular flexibility index (Phi) is 7.51. The summed E-state index contributed by atoms with van der Waals surface area (Å²) in [6, 6.07) is 26.3. The fourth-order valence-electron chi connectivity index (χ4n) is 4.90. The van der Waals surface area contributed by atoms with Crippen LogP contribution in [0.2, 0.25) is 0 Å². The quantitative estimate of drug-likeness (QED) is 0.145. The molecule has 0 atom stereocenters. The minimum atomic E-state index is 0. The Bertz CT molecular complexity index is 1660. The molecule has 36 heavy (non-hydrogen) atoms. The van der Waals surface area contributed by atoms with Crippen LogP contribution in [0.15, 0.2) is 107 Å². The number of benzene rings is 4. The molecule has 0 N–H and O–H groups in total. The molecule has 0 saturated carbocycles. The van der Waals surface area contributed by atoms with Gasteiger partial charge in [0.15, 0.2) is 0 Å². The zero-order valence-electron chi connectivity index (χ0n) is 20.3. The number of nitrogens with zero attached hydrogens (tertiary/aromatic N) is 2. The largest absolute Gasteiger partial charge is 1.00 e. The average Bonchev–Trinajstić information content (AvgIpc) is 3.46. The van der Waals surface area contributed by atoms with Crippen LogP contribution in [0.3, 0.4) is 0 Å². The fourth-order valence-corrected chi connectivity index (χ4v) is 7.44. The van der Waals surface area contributed by atoms with Gasteiger partial charge in [-0.25, -0.2) is 0 Å². The molecule has 0 aliphatic carbocycles. The second kappa shape index (κ2) is 10.8. The summed E-state index contributed by atoms with van der Waals surface area (Å²) in [6.07, 6.45) is 10.9. The molecule has 5 aromatic rings. The molecule has 0 unspecified atom stereocenters. The predicted octanol–water partition coefficient (Wildman–Crippen LogP) is 5.56. The lowest BCUT2D eigenvalue weighted by Gasteiger charge is -2.17. The summed E-state index contributed by atoms with van der Waals surface area (Å²) in [5.41, 5.74) is 2.63. The van der Waals surface area contributed by atoms with Gasteiger partial charge < -0.3 is 28.9 Å². The molecule has 5 heteroatoms. The maximum Gasteiger partial charge on any atom is 0.262 e. The molecule has 1 aliphatic heterocycles. The molecule has 6 rings (SSSR count). The standard InChI is InChI=1S/C31H27N2S2.HI/c1-3-32-26-20-18-22-12-8-10-14-24(22)30(26)34-28(32)16-6-5-7-17-29-33(4-2)27-21-19-23-13-9-11-15-25(23)31(27)35-29;/h5-21H,3-4H2,1-2H3;1H/q+1;/p-1. The fraction of sp³-hybridized carbons (Fsp3) is 0.129. The maximum absolute atomic E-state index is 2.41. The van der Waals surface area contributed by atoms with Crippen LogP contribution in [-0.2, 0) is 6.54 Å². The van der Waals surface area contributed by atoms with Gasteiger partial charge in [0.05, 0.1) is 10.7 Å². The molecule has 0 fully saturated rings. The number of halogens is 1. The van der Waals surface area contributed by atoms with Crippen LogP contribution in [-0.4, -0.2) is 6.54 Å². The van der Waals surface area contributed by atoms with Crippen LogP contribution in [0.25, 0.3) is 37.8 Å². The smallest absolute Gasteiger partial charge is 0.262 e. The van der Waals surface area contributed by atoms with Crippen LogP contribution in [0.5, 0.6) is 0 Å². The molecule has 1 aliphatic rings. The van der Waals surface area contributed by atoms with E-state index in [1.54, 1.807) is 0 Å². The number of thioether (sulfide) groups is 1. The van der Waals surface area contributed by atoms with E-state index >= 15 is 0 Å². The van der Waals surface area contributed by atoms with Gasteiger partial charge in [-0.15, -0.1) is 0 Å². The summed E-state index contributed by atoms with van der Waals surface area (Å²) in [6.45, 7) is 6.36. The molecule has 0 radical (unpaired) electrons. The van der Waals surface area contributed by atoms with Crippen molar-refractivity contribution < 1.29 is 28.5 Å². The molecule has 1 aromatic heterocycles. The molecule has 180 valence electrons. The predicted molar refractivity (Wildman–Crippen MR) is 154 cm³/mol. The third-order valence-electron chi connectivity index (χ3n) is 6.58. The third-order valence-corrected chi connectivity index (χ3v) is 8.97. The van der Waals surface area contributed by atoms with Crippen LogP contribution in [0.4, 0.5) is 5.69 Å². The van der Waals surface area contributed by atoms with Crippen LogP contribution < -0.4 is 33.4 Å². The first-order chi connectivity index (χ1) is 17.3. The van der Waals surface area contributed by atoms with Crippen molar-refractivity contribution in [2.75, 3.05) is 11.4 Å². The van der Waals surface area contributed by atoms with Crippen molar-refractivity contribution in [2.45, 2.75) is 25.3 Å². The minimum absolute atomic E-state index is 0. The lowest BCUT2D eigenvalue weighted by Crippen LogP contribution is -3.00. The van der Waals surface area contributed by atoms with Crippen LogP contribution in [0, 0.1) is 0 Å². The first kappa shape index (κ1) is 25.1. The normalized spacial score (nSPS) is 14.6. The summed E-state index contributed by atoms with van der Waals surface area (Å²) < 4.78 is 3.77. The van der Waals surface area contributed by atoms with Crippen molar-refractivity contribution in [3.8, 4) is 0 Å². The van der Waals surface area contributed by atoms with Gasteiger partial charge in [-0.2, -0.15) is 4.57 Å². The van der Waals surface area contributed by atoms with Gasteiger partial charge >= 0.3 is 0 Å². The summed E-state index contributed by atoms with van der Waals surface area (Å²) in [5.74, 6) is 0. The van der Waals surface area contributed by atoms with E-state index in [4.69, 9.17) is 0 Å².